The number of ether oxygens (including phenoxy) is 1. The van der Waals surface area contributed by atoms with Crippen molar-refractivity contribution in [2.24, 2.45) is 5.41 Å². The molecule has 2 saturated heterocycles. The lowest BCUT2D eigenvalue weighted by molar-refractivity contribution is 0.153. The molecule has 0 aliphatic carbocycles. The van der Waals surface area contributed by atoms with Crippen LogP contribution < -0.4 is 0 Å². The van der Waals surface area contributed by atoms with Gasteiger partial charge in [-0.1, -0.05) is 6.92 Å². The quantitative estimate of drug-likeness (QED) is 0.562. The Morgan fingerprint density at radius 1 is 1.45 bits per heavy atom. The average molecular weight is 155 g/mol. The summed E-state index contributed by atoms with van der Waals surface area (Å²) in [6.45, 7) is 8.04. The summed E-state index contributed by atoms with van der Waals surface area (Å²) in [6, 6.07) is 0. The summed E-state index contributed by atoms with van der Waals surface area (Å²) in [5.74, 6) is 0. The van der Waals surface area contributed by atoms with E-state index in [4.69, 9.17) is 4.74 Å². The molecule has 0 unspecified atom stereocenters. The van der Waals surface area contributed by atoms with Crippen molar-refractivity contribution in [3.63, 3.8) is 0 Å². The predicted octanol–water partition coefficient (Wildman–Crippen LogP) is 1.12. The molecule has 2 heteroatoms. The Morgan fingerprint density at radius 2 is 2.36 bits per heavy atom. The Hall–Kier alpha value is -0.0800. The molecule has 0 saturated carbocycles. The van der Waals surface area contributed by atoms with Gasteiger partial charge in [-0.2, -0.15) is 0 Å². The number of hydrogen-bond donors (Lipinski definition) is 0. The second kappa shape index (κ2) is 2.76. The average Bonchev–Trinajstić information content (AvgIpc) is 2.62. The van der Waals surface area contributed by atoms with Crippen molar-refractivity contribution in [3.8, 4) is 0 Å². The minimum Gasteiger partial charge on any atom is -0.381 e. The van der Waals surface area contributed by atoms with Crippen molar-refractivity contribution in [3.05, 3.63) is 0 Å². The first kappa shape index (κ1) is 7.56. The Morgan fingerprint density at radius 3 is 2.91 bits per heavy atom. The van der Waals surface area contributed by atoms with Gasteiger partial charge in [-0.3, -0.25) is 0 Å². The first-order chi connectivity index (χ1) is 5.35. The van der Waals surface area contributed by atoms with E-state index < -0.39 is 0 Å². The molecule has 0 aromatic rings. The molecule has 11 heavy (non-hydrogen) atoms. The molecule has 0 aromatic carbocycles. The van der Waals surface area contributed by atoms with E-state index in [1.165, 1.54) is 32.5 Å². The predicted molar refractivity (Wildman–Crippen MR) is 44.6 cm³/mol. The molecule has 0 N–H and O–H groups in total. The molecule has 64 valence electrons. The van der Waals surface area contributed by atoms with Crippen molar-refractivity contribution in [2.45, 2.75) is 19.8 Å². The lowest BCUT2D eigenvalue weighted by Gasteiger charge is -2.20. The van der Waals surface area contributed by atoms with Crippen molar-refractivity contribution < 1.29 is 4.74 Å². The molecule has 1 atom stereocenters. The summed E-state index contributed by atoms with van der Waals surface area (Å²) < 4.78 is 5.45. The van der Waals surface area contributed by atoms with Crippen LogP contribution in [0.4, 0.5) is 0 Å². The molecular formula is C9H17NO. The van der Waals surface area contributed by atoms with Gasteiger partial charge in [-0.15, -0.1) is 0 Å². The van der Waals surface area contributed by atoms with E-state index in [0.717, 1.165) is 13.2 Å². The number of nitrogens with zero attached hydrogens (tertiary/aromatic N) is 1. The van der Waals surface area contributed by atoms with E-state index in [1.54, 1.807) is 0 Å². The lowest BCUT2D eigenvalue weighted by atomic mass is 9.87. The molecule has 2 aliphatic rings. The van der Waals surface area contributed by atoms with Crippen LogP contribution >= 0.6 is 0 Å². The topological polar surface area (TPSA) is 12.5 Å². The van der Waals surface area contributed by atoms with E-state index in [2.05, 4.69) is 11.8 Å². The molecule has 0 aromatic heterocycles. The van der Waals surface area contributed by atoms with Crippen LogP contribution in [0, 0.1) is 5.41 Å². The first-order valence-electron chi connectivity index (χ1n) is 4.65. The Balaban J connectivity index is 1.96. The molecule has 0 radical (unpaired) electrons. The van der Waals surface area contributed by atoms with Gasteiger partial charge < -0.3 is 9.64 Å². The fraction of sp³-hybridized carbons (Fsp3) is 1.00. The summed E-state index contributed by atoms with van der Waals surface area (Å²) in [5.41, 5.74) is 0.565. The van der Waals surface area contributed by atoms with Gasteiger partial charge in [-0.25, -0.2) is 0 Å². The Bertz CT molecular complexity index is 140. The van der Waals surface area contributed by atoms with Gasteiger partial charge >= 0.3 is 0 Å². The van der Waals surface area contributed by atoms with E-state index in [-0.39, 0.29) is 0 Å². The fourth-order valence-corrected chi connectivity index (χ4v) is 2.27. The van der Waals surface area contributed by atoms with Gasteiger partial charge in [0, 0.05) is 18.6 Å². The standard InChI is InChI=1S/C9H17NO/c1-2-10-5-3-9(7-10)4-6-11-8-9/h2-8H2,1H3/t9-/m1/s1. The Kier molecular flexibility index (Phi) is 1.90. The summed E-state index contributed by atoms with van der Waals surface area (Å²) in [7, 11) is 0. The molecule has 2 rings (SSSR count). The molecule has 0 amide bonds. The second-order valence-corrected chi connectivity index (χ2v) is 3.92. The summed E-state index contributed by atoms with van der Waals surface area (Å²) >= 11 is 0. The van der Waals surface area contributed by atoms with Crippen LogP contribution in [0.1, 0.15) is 19.8 Å². The maximum atomic E-state index is 5.45. The zero-order chi connectivity index (χ0) is 7.73. The van der Waals surface area contributed by atoms with Gasteiger partial charge in [0.05, 0.1) is 6.61 Å². The van der Waals surface area contributed by atoms with Gasteiger partial charge in [-0.05, 0) is 25.9 Å². The van der Waals surface area contributed by atoms with Crippen molar-refractivity contribution in [2.75, 3.05) is 32.8 Å². The fourth-order valence-electron chi connectivity index (χ4n) is 2.27. The number of hydrogen-bond acceptors (Lipinski definition) is 2. The van der Waals surface area contributed by atoms with E-state index >= 15 is 0 Å². The minimum atomic E-state index is 0.565. The third-order valence-corrected chi connectivity index (χ3v) is 3.15. The van der Waals surface area contributed by atoms with Crippen molar-refractivity contribution in [1.82, 2.24) is 4.90 Å². The highest BCUT2D eigenvalue weighted by Gasteiger charge is 2.40. The van der Waals surface area contributed by atoms with Gasteiger partial charge in [0.25, 0.3) is 0 Å². The number of likely N-dealkylation sites (tertiary alicyclic amines) is 1. The molecule has 0 bridgehead atoms. The first-order valence-corrected chi connectivity index (χ1v) is 4.65. The largest absolute Gasteiger partial charge is 0.381 e. The summed E-state index contributed by atoms with van der Waals surface area (Å²) in [5, 5.41) is 0. The maximum Gasteiger partial charge on any atom is 0.0536 e. The Labute approximate surface area is 68.5 Å². The normalized spacial score (nSPS) is 39.0. The third-order valence-electron chi connectivity index (χ3n) is 3.15. The molecule has 2 fully saturated rings. The van der Waals surface area contributed by atoms with E-state index in [0.29, 0.717) is 5.41 Å². The highest BCUT2D eigenvalue weighted by molar-refractivity contribution is 4.91. The smallest absolute Gasteiger partial charge is 0.0536 e. The van der Waals surface area contributed by atoms with Crippen LogP contribution in [0.3, 0.4) is 0 Å². The van der Waals surface area contributed by atoms with Crippen LogP contribution in [0.15, 0.2) is 0 Å². The van der Waals surface area contributed by atoms with E-state index in [9.17, 15) is 0 Å². The zero-order valence-electron chi connectivity index (χ0n) is 7.31. The molecular weight excluding hydrogens is 138 g/mol. The van der Waals surface area contributed by atoms with Crippen LogP contribution in [0.2, 0.25) is 0 Å². The molecule has 1 spiro atoms. The lowest BCUT2D eigenvalue weighted by Crippen LogP contribution is -2.27. The van der Waals surface area contributed by atoms with Crippen LogP contribution in [0.5, 0.6) is 0 Å². The van der Waals surface area contributed by atoms with Gasteiger partial charge in [0.2, 0.25) is 0 Å². The molecule has 2 heterocycles. The van der Waals surface area contributed by atoms with Crippen molar-refractivity contribution >= 4 is 0 Å². The highest BCUT2D eigenvalue weighted by Crippen LogP contribution is 2.37. The van der Waals surface area contributed by atoms with Crippen molar-refractivity contribution in [1.29, 1.82) is 0 Å². The van der Waals surface area contributed by atoms with Crippen LogP contribution in [-0.2, 0) is 4.74 Å². The highest BCUT2D eigenvalue weighted by atomic mass is 16.5. The SMILES string of the molecule is CCN1CC[C@@]2(CCOC2)C1. The van der Waals surface area contributed by atoms with Gasteiger partial charge in [0.1, 0.15) is 0 Å². The summed E-state index contributed by atoms with van der Waals surface area (Å²) in [4.78, 5) is 2.54. The number of rotatable bonds is 1. The van der Waals surface area contributed by atoms with Crippen LogP contribution in [-0.4, -0.2) is 37.7 Å². The van der Waals surface area contributed by atoms with E-state index in [1.807, 2.05) is 0 Å². The monoisotopic (exact) mass is 155 g/mol. The minimum absolute atomic E-state index is 0.565. The second-order valence-electron chi connectivity index (χ2n) is 3.92. The van der Waals surface area contributed by atoms with Gasteiger partial charge in [0.15, 0.2) is 0 Å². The molecule has 2 nitrogen and oxygen atoms in total. The molecule has 2 aliphatic heterocycles. The zero-order valence-corrected chi connectivity index (χ0v) is 7.31. The van der Waals surface area contributed by atoms with Crippen LogP contribution in [0.25, 0.3) is 0 Å². The maximum absolute atomic E-state index is 5.45. The third kappa shape index (κ3) is 1.30. The summed E-state index contributed by atoms with van der Waals surface area (Å²) in [6.07, 6.45) is 2.66.